The molecule has 0 radical (unpaired) electrons. The summed E-state index contributed by atoms with van der Waals surface area (Å²) in [5.74, 6) is 0.670. The molecule has 0 unspecified atom stereocenters. The van der Waals surface area contributed by atoms with Crippen LogP contribution >= 0.6 is 0 Å². The summed E-state index contributed by atoms with van der Waals surface area (Å²) in [6.45, 7) is 4.22. The van der Waals surface area contributed by atoms with Crippen molar-refractivity contribution < 1.29 is 14.6 Å². The quantitative estimate of drug-likeness (QED) is 0.757. The minimum atomic E-state index is -0.496. The minimum absolute atomic E-state index is 0.0364. The summed E-state index contributed by atoms with van der Waals surface area (Å²) >= 11 is 0. The highest BCUT2D eigenvalue weighted by Gasteiger charge is 2.26. The molecule has 4 nitrogen and oxygen atoms in total. The van der Waals surface area contributed by atoms with Gasteiger partial charge in [-0.2, -0.15) is 0 Å². The lowest BCUT2D eigenvalue weighted by Crippen LogP contribution is -2.50. The van der Waals surface area contributed by atoms with E-state index in [1.807, 2.05) is 44.2 Å². The van der Waals surface area contributed by atoms with Crippen LogP contribution < -0.4 is 10.1 Å². The second-order valence-corrected chi connectivity index (χ2v) is 4.61. The molecule has 19 heavy (non-hydrogen) atoms. The predicted molar refractivity (Wildman–Crippen MR) is 75.1 cm³/mol. The van der Waals surface area contributed by atoms with Gasteiger partial charge in [0, 0.05) is 0 Å². The van der Waals surface area contributed by atoms with Crippen molar-refractivity contribution in [2.75, 3.05) is 13.2 Å². The van der Waals surface area contributed by atoms with E-state index < -0.39 is 5.54 Å². The van der Waals surface area contributed by atoms with Crippen LogP contribution in [0.1, 0.15) is 33.1 Å². The van der Waals surface area contributed by atoms with Gasteiger partial charge < -0.3 is 15.2 Å². The molecule has 1 amide bonds. The zero-order valence-electron chi connectivity index (χ0n) is 11.7. The molecule has 1 aromatic carbocycles. The van der Waals surface area contributed by atoms with Crippen molar-refractivity contribution in [1.29, 1.82) is 0 Å². The molecule has 4 heteroatoms. The Balaban J connectivity index is 2.35. The fourth-order valence-corrected chi connectivity index (χ4v) is 1.83. The number of carbonyl (C=O) groups is 1. The normalized spacial score (nSPS) is 11.1. The van der Waals surface area contributed by atoms with Crippen molar-refractivity contribution in [3.05, 3.63) is 30.3 Å². The molecule has 0 saturated heterocycles. The number of aliphatic hydroxyl groups excluding tert-OH is 1. The molecule has 1 aromatic rings. The number of ether oxygens (including phenoxy) is 1. The third-order valence-electron chi connectivity index (χ3n) is 3.40. The Morgan fingerprint density at radius 1 is 1.26 bits per heavy atom. The number of hydrogen-bond donors (Lipinski definition) is 2. The van der Waals surface area contributed by atoms with Crippen LogP contribution in [0.2, 0.25) is 0 Å². The highest BCUT2D eigenvalue weighted by Crippen LogP contribution is 2.14. The van der Waals surface area contributed by atoms with E-state index >= 15 is 0 Å². The molecule has 2 N–H and O–H groups in total. The van der Waals surface area contributed by atoms with Gasteiger partial charge in [-0.05, 0) is 25.0 Å². The largest absolute Gasteiger partial charge is 0.493 e. The van der Waals surface area contributed by atoms with Crippen LogP contribution in [0.3, 0.4) is 0 Å². The Bertz CT molecular complexity index is 366. The standard InChI is InChI=1S/C15H23NO3/c1-3-15(4-2,12-17)16-14(18)10-11-19-13-8-6-5-7-9-13/h5-9,17H,3-4,10-12H2,1-2H3,(H,16,18). The second-order valence-electron chi connectivity index (χ2n) is 4.61. The van der Waals surface area contributed by atoms with Gasteiger partial charge in [-0.1, -0.05) is 32.0 Å². The number of rotatable bonds is 8. The first-order chi connectivity index (χ1) is 9.15. The molecule has 0 atom stereocenters. The summed E-state index contributed by atoms with van der Waals surface area (Å²) < 4.78 is 5.47. The Morgan fingerprint density at radius 2 is 1.89 bits per heavy atom. The molecular weight excluding hydrogens is 242 g/mol. The van der Waals surface area contributed by atoms with Crippen LogP contribution in [-0.2, 0) is 4.79 Å². The van der Waals surface area contributed by atoms with Crippen molar-refractivity contribution in [1.82, 2.24) is 5.32 Å². The number of nitrogens with one attached hydrogen (secondary N) is 1. The van der Waals surface area contributed by atoms with Gasteiger partial charge in [0.2, 0.25) is 5.91 Å². The fourth-order valence-electron chi connectivity index (χ4n) is 1.83. The minimum Gasteiger partial charge on any atom is -0.493 e. The molecule has 0 heterocycles. The molecular formula is C15H23NO3. The molecule has 0 aromatic heterocycles. The number of hydrogen-bond acceptors (Lipinski definition) is 3. The summed E-state index contributed by atoms with van der Waals surface area (Å²) in [6, 6.07) is 9.40. The number of benzene rings is 1. The summed E-state index contributed by atoms with van der Waals surface area (Å²) in [7, 11) is 0. The lowest BCUT2D eigenvalue weighted by Gasteiger charge is -2.30. The molecule has 0 fully saturated rings. The molecule has 0 saturated carbocycles. The third kappa shape index (κ3) is 4.91. The maximum atomic E-state index is 11.8. The maximum absolute atomic E-state index is 11.8. The Labute approximate surface area is 114 Å². The van der Waals surface area contributed by atoms with Crippen LogP contribution in [0.25, 0.3) is 0 Å². The highest BCUT2D eigenvalue weighted by atomic mass is 16.5. The van der Waals surface area contributed by atoms with Crippen LogP contribution in [-0.4, -0.2) is 29.8 Å². The zero-order chi connectivity index (χ0) is 14.1. The summed E-state index contributed by atoms with van der Waals surface area (Å²) in [5, 5.41) is 12.3. The maximum Gasteiger partial charge on any atom is 0.223 e. The van der Waals surface area contributed by atoms with Gasteiger partial charge in [-0.25, -0.2) is 0 Å². The van der Waals surface area contributed by atoms with Crippen molar-refractivity contribution >= 4 is 5.91 Å². The molecule has 0 aliphatic rings. The molecule has 0 aliphatic carbocycles. The van der Waals surface area contributed by atoms with Crippen LogP contribution in [0.4, 0.5) is 0 Å². The van der Waals surface area contributed by atoms with Crippen molar-refractivity contribution in [3.8, 4) is 5.75 Å². The van der Waals surface area contributed by atoms with Gasteiger partial charge in [0.15, 0.2) is 0 Å². The Kier molecular flexibility index (Phi) is 6.36. The average Bonchev–Trinajstić information content (AvgIpc) is 2.46. The summed E-state index contributed by atoms with van der Waals surface area (Å²) in [4.78, 5) is 11.8. The van der Waals surface area contributed by atoms with Gasteiger partial charge in [-0.15, -0.1) is 0 Å². The molecule has 0 bridgehead atoms. The first-order valence-corrected chi connectivity index (χ1v) is 6.75. The third-order valence-corrected chi connectivity index (χ3v) is 3.40. The predicted octanol–water partition coefficient (Wildman–Crippen LogP) is 2.12. The monoisotopic (exact) mass is 265 g/mol. The first-order valence-electron chi connectivity index (χ1n) is 6.75. The van der Waals surface area contributed by atoms with Crippen molar-refractivity contribution in [2.24, 2.45) is 0 Å². The van der Waals surface area contributed by atoms with E-state index in [0.29, 0.717) is 19.4 Å². The highest BCUT2D eigenvalue weighted by molar-refractivity contribution is 5.76. The van der Waals surface area contributed by atoms with E-state index in [4.69, 9.17) is 4.74 Å². The fraction of sp³-hybridized carbons (Fsp3) is 0.533. The molecule has 0 spiro atoms. The lowest BCUT2D eigenvalue weighted by atomic mass is 9.94. The van der Waals surface area contributed by atoms with Crippen LogP contribution in [0.5, 0.6) is 5.75 Å². The molecule has 1 rings (SSSR count). The second kappa shape index (κ2) is 7.79. The van der Waals surface area contributed by atoms with Crippen molar-refractivity contribution in [3.63, 3.8) is 0 Å². The summed E-state index contributed by atoms with van der Waals surface area (Å²) in [6.07, 6.45) is 1.72. The smallest absolute Gasteiger partial charge is 0.223 e. The van der Waals surface area contributed by atoms with E-state index in [0.717, 1.165) is 5.75 Å². The SMILES string of the molecule is CCC(CC)(CO)NC(=O)CCOc1ccccc1. The van der Waals surface area contributed by atoms with E-state index in [1.54, 1.807) is 0 Å². The number of carbonyl (C=O) groups excluding carboxylic acids is 1. The first kappa shape index (κ1) is 15.5. The Hall–Kier alpha value is -1.55. The molecule has 106 valence electrons. The van der Waals surface area contributed by atoms with Gasteiger partial charge in [-0.3, -0.25) is 4.79 Å². The van der Waals surface area contributed by atoms with Crippen LogP contribution in [0.15, 0.2) is 30.3 Å². The molecule has 0 aliphatic heterocycles. The van der Waals surface area contributed by atoms with E-state index in [1.165, 1.54) is 0 Å². The topological polar surface area (TPSA) is 58.6 Å². The van der Waals surface area contributed by atoms with Gasteiger partial charge in [0.1, 0.15) is 5.75 Å². The number of aliphatic hydroxyl groups is 1. The van der Waals surface area contributed by atoms with Gasteiger partial charge in [0.25, 0.3) is 0 Å². The zero-order valence-corrected chi connectivity index (χ0v) is 11.7. The number of para-hydroxylation sites is 1. The Morgan fingerprint density at radius 3 is 2.42 bits per heavy atom. The lowest BCUT2D eigenvalue weighted by molar-refractivity contribution is -0.124. The van der Waals surface area contributed by atoms with Gasteiger partial charge in [0.05, 0.1) is 25.2 Å². The number of amides is 1. The van der Waals surface area contributed by atoms with E-state index in [2.05, 4.69) is 5.32 Å². The average molecular weight is 265 g/mol. The van der Waals surface area contributed by atoms with Crippen molar-refractivity contribution in [2.45, 2.75) is 38.6 Å². The van der Waals surface area contributed by atoms with Crippen LogP contribution in [0, 0.1) is 0 Å². The van der Waals surface area contributed by atoms with E-state index in [9.17, 15) is 9.90 Å². The van der Waals surface area contributed by atoms with Gasteiger partial charge >= 0.3 is 0 Å². The summed E-state index contributed by atoms with van der Waals surface area (Å²) in [5.41, 5.74) is -0.496. The van der Waals surface area contributed by atoms with E-state index in [-0.39, 0.29) is 18.9 Å².